The van der Waals surface area contributed by atoms with Crippen LogP contribution in [0.2, 0.25) is 0 Å². The second-order valence-corrected chi connectivity index (χ2v) is 10.1. The van der Waals surface area contributed by atoms with Gasteiger partial charge in [0.25, 0.3) is 0 Å². The molecular formula is C29H36N2O5. The van der Waals surface area contributed by atoms with Gasteiger partial charge in [0.1, 0.15) is 24.8 Å². The van der Waals surface area contributed by atoms with E-state index in [2.05, 4.69) is 36.2 Å². The van der Waals surface area contributed by atoms with Crippen molar-refractivity contribution in [1.29, 1.82) is 0 Å². The first kappa shape index (κ1) is 27.0. The minimum atomic E-state index is -1.27. The third-order valence-corrected chi connectivity index (χ3v) is 6.37. The smallest absolute Gasteiger partial charge is 0.410 e. The number of likely N-dealkylation sites (N-methyl/N-ethyl adjacent to an activating group) is 1. The SMILES string of the molecule is C=CCOC(=O)C(C)(C)NC(=O)C(CC(C)C)N(C)C(=O)OCC1c2ccccc2-c2ccccc21. The van der Waals surface area contributed by atoms with Crippen molar-refractivity contribution in [2.24, 2.45) is 5.92 Å². The van der Waals surface area contributed by atoms with Crippen molar-refractivity contribution in [2.75, 3.05) is 20.3 Å². The number of benzene rings is 2. The third-order valence-electron chi connectivity index (χ3n) is 6.37. The van der Waals surface area contributed by atoms with E-state index in [1.54, 1.807) is 20.9 Å². The average Bonchev–Trinajstić information content (AvgIpc) is 3.17. The lowest BCUT2D eigenvalue weighted by Gasteiger charge is -2.32. The molecule has 1 aliphatic rings. The number of fused-ring (bicyclic) bond motifs is 3. The molecule has 36 heavy (non-hydrogen) atoms. The van der Waals surface area contributed by atoms with Crippen LogP contribution < -0.4 is 5.32 Å². The summed E-state index contributed by atoms with van der Waals surface area (Å²) >= 11 is 0. The summed E-state index contributed by atoms with van der Waals surface area (Å²) in [4.78, 5) is 40.0. The highest BCUT2D eigenvalue weighted by Crippen LogP contribution is 2.44. The van der Waals surface area contributed by atoms with Gasteiger partial charge in [-0.1, -0.05) is 75.0 Å². The Balaban J connectivity index is 1.71. The molecule has 0 heterocycles. The molecule has 0 saturated carbocycles. The number of nitrogens with zero attached hydrogens (tertiary/aromatic N) is 1. The third kappa shape index (κ3) is 5.96. The monoisotopic (exact) mass is 492 g/mol. The molecule has 1 aliphatic carbocycles. The Morgan fingerprint density at radius 1 is 1.03 bits per heavy atom. The van der Waals surface area contributed by atoms with Crippen LogP contribution in [-0.2, 0) is 19.1 Å². The standard InChI is InChI=1S/C29H36N2O5/c1-7-16-35-27(33)29(4,5)30-26(32)25(17-19(2)3)31(6)28(34)36-18-24-22-14-10-8-12-20(22)21-13-9-11-15-23(21)24/h7-15,19,24-25H,1,16-18H2,2-6H3,(H,30,32). The van der Waals surface area contributed by atoms with Crippen molar-refractivity contribution >= 4 is 18.0 Å². The fourth-order valence-electron chi connectivity index (χ4n) is 4.47. The lowest BCUT2D eigenvalue weighted by Crippen LogP contribution is -2.57. The van der Waals surface area contributed by atoms with Gasteiger partial charge in [0, 0.05) is 13.0 Å². The lowest BCUT2D eigenvalue weighted by molar-refractivity contribution is -0.151. The van der Waals surface area contributed by atoms with Crippen molar-refractivity contribution in [3.8, 4) is 11.1 Å². The fourth-order valence-corrected chi connectivity index (χ4v) is 4.47. The number of esters is 1. The van der Waals surface area contributed by atoms with E-state index in [9.17, 15) is 14.4 Å². The van der Waals surface area contributed by atoms with Gasteiger partial charge in [-0.2, -0.15) is 0 Å². The molecule has 3 rings (SSSR count). The van der Waals surface area contributed by atoms with E-state index in [-0.39, 0.29) is 25.0 Å². The molecule has 0 spiro atoms. The molecule has 0 fully saturated rings. The predicted octanol–water partition coefficient (Wildman–Crippen LogP) is 4.91. The Hall–Kier alpha value is -3.61. The zero-order chi connectivity index (χ0) is 26.5. The number of ether oxygens (including phenoxy) is 2. The molecule has 1 unspecified atom stereocenters. The van der Waals surface area contributed by atoms with Gasteiger partial charge in [0.15, 0.2) is 0 Å². The average molecular weight is 493 g/mol. The molecular weight excluding hydrogens is 456 g/mol. The largest absolute Gasteiger partial charge is 0.460 e. The fraction of sp³-hybridized carbons (Fsp3) is 0.414. The molecule has 0 bridgehead atoms. The van der Waals surface area contributed by atoms with Crippen molar-refractivity contribution < 1.29 is 23.9 Å². The maximum absolute atomic E-state index is 13.2. The first-order valence-electron chi connectivity index (χ1n) is 12.2. The molecule has 0 radical (unpaired) electrons. The number of hydrogen-bond acceptors (Lipinski definition) is 5. The molecule has 0 aromatic heterocycles. The minimum Gasteiger partial charge on any atom is -0.460 e. The summed E-state index contributed by atoms with van der Waals surface area (Å²) in [5.41, 5.74) is 3.25. The van der Waals surface area contributed by atoms with Gasteiger partial charge in [-0.25, -0.2) is 9.59 Å². The topological polar surface area (TPSA) is 84.9 Å². The van der Waals surface area contributed by atoms with Crippen molar-refractivity contribution in [2.45, 2.75) is 51.6 Å². The summed E-state index contributed by atoms with van der Waals surface area (Å²) in [5, 5.41) is 2.73. The van der Waals surface area contributed by atoms with Crippen LogP contribution in [0.1, 0.15) is 51.2 Å². The maximum Gasteiger partial charge on any atom is 0.410 e. The Bertz CT molecular complexity index is 1080. The second kappa shape index (κ2) is 11.4. The summed E-state index contributed by atoms with van der Waals surface area (Å²) in [6.07, 6.45) is 1.27. The molecule has 2 aromatic rings. The number of nitrogens with one attached hydrogen (secondary N) is 1. The van der Waals surface area contributed by atoms with Crippen molar-refractivity contribution in [1.82, 2.24) is 10.2 Å². The van der Waals surface area contributed by atoms with E-state index in [1.807, 2.05) is 38.1 Å². The van der Waals surface area contributed by atoms with Crippen LogP contribution >= 0.6 is 0 Å². The summed E-state index contributed by atoms with van der Waals surface area (Å²) < 4.78 is 10.9. The quantitative estimate of drug-likeness (QED) is 0.376. The van der Waals surface area contributed by atoms with Crippen molar-refractivity contribution in [3.63, 3.8) is 0 Å². The lowest BCUT2D eigenvalue weighted by atomic mass is 9.98. The van der Waals surface area contributed by atoms with E-state index in [0.717, 1.165) is 22.3 Å². The molecule has 0 aliphatic heterocycles. The zero-order valence-electron chi connectivity index (χ0n) is 21.7. The van der Waals surface area contributed by atoms with Gasteiger partial charge < -0.3 is 14.8 Å². The van der Waals surface area contributed by atoms with E-state index < -0.39 is 29.6 Å². The van der Waals surface area contributed by atoms with Crippen LogP contribution in [0.3, 0.4) is 0 Å². The number of hydrogen-bond donors (Lipinski definition) is 1. The molecule has 2 amide bonds. The van der Waals surface area contributed by atoms with Gasteiger partial charge in [0.05, 0.1) is 0 Å². The van der Waals surface area contributed by atoms with E-state index in [1.165, 1.54) is 11.0 Å². The normalized spacial score (nSPS) is 13.4. The molecule has 2 aromatic carbocycles. The van der Waals surface area contributed by atoms with E-state index >= 15 is 0 Å². The highest BCUT2D eigenvalue weighted by Gasteiger charge is 2.37. The highest BCUT2D eigenvalue weighted by atomic mass is 16.6. The Labute approximate surface area is 213 Å². The first-order valence-corrected chi connectivity index (χ1v) is 12.2. The maximum atomic E-state index is 13.2. The molecule has 1 atom stereocenters. The second-order valence-electron chi connectivity index (χ2n) is 10.1. The summed E-state index contributed by atoms with van der Waals surface area (Å²) in [6.45, 7) is 10.8. The van der Waals surface area contributed by atoms with Gasteiger partial charge in [-0.3, -0.25) is 9.69 Å². The highest BCUT2D eigenvalue weighted by molar-refractivity contribution is 5.91. The molecule has 1 N–H and O–H groups in total. The number of carbonyl (C=O) groups is 3. The molecule has 7 heteroatoms. The minimum absolute atomic E-state index is 0.0488. The summed E-state index contributed by atoms with van der Waals surface area (Å²) in [7, 11) is 1.55. The van der Waals surface area contributed by atoms with Crippen LogP contribution in [0.25, 0.3) is 11.1 Å². The summed E-state index contributed by atoms with van der Waals surface area (Å²) in [5.74, 6) is -0.978. The number of rotatable bonds is 10. The van der Waals surface area contributed by atoms with Gasteiger partial charge in [0.2, 0.25) is 5.91 Å². The predicted molar refractivity (Wildman–Crippen MR) is 139 cm³/mol. The van der Waals surface area contributed by atoms with Crippen LogP contribution in [0.15, 0.2) is 61.2 Å². The van der Waals surface area contributed by atoms with Gasteiger partial charge in [-0.15, -0.1) is 0 Å². The van der Waals surface area contributed by atoms with Crippen LogP contribution in [0.5, 0.6) is 0 Å². The van der Waals surface area contributed by atoms with Crippen LogP contribution in [0.4, 0.5) is 4.79 Å². The molecule has 0 saturated heterocycles. The van der Waals surface area contributed by atoms with E-state index in [0.29, 0.717) is 6.42 Å². The van der Waals surface area contributed by atoms with Gasteiger partial charge >= 0.3 is 12.1 Å². The molecule has 7 nitrogen and oxygen atoms in total. The first-order chi connectivity index (χ1) is 17.1. The summed E-state index contributed by atoms with van der Waals surface area (Å²) in [6, 6.07) is 15.4. The zero-order valence-corrected chi connectivity index (χ0v) is 21.7. The van der Waals surface area contributed by atoms with Crippen molar-refractivity contribution in [3.05, 3.63) is 72.3 Å². The molecule has 192 valence electrons. The van der Waals surface area contributed by atoms with Crippen LogP contribution in [-0.4, -0.2) is 54.7 Å². The Kier molecular flexibility index (Phi) is 8.56. The van der Waals surface area contributed by atoms with E-state index in [4.69, 9.17) is 9.47 Å². The number of amides is 2. The Morgan fingerprint density at radius 2 is 1.58 bits per heavy atom. The van der Waals surface area contributed by atoms with Gasteiger partial charge in [-0.05, 0) is 48.4 Å². The number of carbonyl (C=O) groups excluding carboxylic acids is 3. The van der Waals surface area contributed by atoms with Crippen LogP contribution in [0, 0.1) is 5.92 Å². The Morgan fingerprint density at radius 3 is 2.11 bits per heavy atom.